The zero-order chi connectivity index (χ0) is 18.9. The molecule has 1 atom stereocenters. The normalized spacial score (nSPS) is 19.4. The number of hydrogen-bond donors (Lipinski definition) is 1. The van der Waals surface area contributed by atoms with Gasteiger partial charge in [0, 0.05) is 18.8 Å². The van der Waals surface area contributed by atoms with E-state index in [0.29, 0.717) is 18.5 Å². The largest absolute Gasteiger partial charge is 0.360 e. The van der Waals surface area contributed by atoms with Crippen molar-refractivity contribution in [1.29, 1.82) is 0 Å². The van der Waals surface area contributed by atoms with Gasteiger partial charge in [-0.1, -0.05) is 23.4 Å². The van der Waals surface area contributed by atoms with Crippen LogP contribution in [0, 0.1) is 13.8 Å². The van der Waals surface area contributed by atoms with Gasteiger partial charge >= 0.3 is 0 Å². The number of benzene rings is 1. The Balaban J connectivity index is 1.83. The molecule has 2 aromatic rings. The fraction of sp³-hybridized carbons (Fsp3) is 0.438. The predicted molar refractivity (Wildman–Crippen MR) is 96.7 cm³/mol. The number of nitrogens with zero attached hydrogens (tertiary/aromatic N) is 2. The third-order valence-corrected chi connectivity index (χ3v) is 8.27. The summed E-state index contributed by atoms with van der Waals surface area (Å²) < 4.78 is 59.9. The van der Waals surface area contributed by atoms with Gasteiger partial charge in [0.2, 0.25) is 20.0 Å². The Hall–Kier alpha value is -1.91. The first-order valence-electron chi connectivity index (χ1n) is 8.21. The minimum atomic E-state index is -3.86. The molecule has 3 rings (SSSR count). The van der Waals surface area contributed by atoms with Crippen LogP contribution in [0.2, 0.25) is 0 Å². The highest BCUT2D eigenvalue weighted by molar-refractivity contribution is 7.93. The van der Waals surface area contributed by atoms with Crippen LogP contribution in [-0.2, 0) is 20.0 Å². The lowest BCUT2D eigenvalue weighted by Crippen LogP contribution is -2.46. The van der Waals surface area contributed by atoms with E-state index >= 15 is 0 Å². The van der Waals surface area contributed by atoms with Gasteiger partial charge in [0.05, 0.1) is 5.25 Å². The molecule has 1 fully saturated rings. The molecule has 2 heterocycles. The lowest BCUT2D eigenvalue weighted by atomic mass is 10.2. The van der Waals surface area contributed by atoms with Crippen molar-refractivity contribution in [3.05, 3.63) is 41.8 Å². The van der Waals surface area contributed by atoms with E-state index in [9.17, 15) is 16.8 Å². The molecule has 1 aliphatic rings. The minimum Gasteiger partial charge on any atom is -0.360 e. The highest BCUT2D eigenvalue weighted by atomic mass is 32.2. The summed E-state index contributed by atoms with van der Waals surface area (Å²) in [5.41, 5.74) is 0.730. The number of rotatable bonds is 5. The van der Waals surface area contributed by atoms with Crippen molar-refractivity contribution in [3.63, 3.8) is 0 Å². The van der Waals surface area contributed by atoms with Gasteiger partial charge in [-0.25, -0.2) is 16.8 Å². The maximum atomic E-state index is 12.9. The summed E-state index contributed by atoms with van der Waals surface area (Å²) in [5, 5.41) is 2.86. The number of aryl methyl sites for hydroxylation is 2. The van der Waals surface area contributed by atoms with Gasteiger partial charge < -0.3 is 4.52 Å². The molecule has 0 aliphatic carbocycles. The summed E-state index contributed by atoms with van der Waals surface area (Å²) in [6.07, 6.45) is 0.860. The number of sulfonamides is 2. The van der Waals surface area contributed by atoms with E-state index in [4.69, 9.17) is 4.52 Å². The molecule has 0 spiro atoms. The molecule has 26 heavy (non-hydrogen) atoms. The van der Waals surface area contributed by atoms with Gasteiger partial charge in [-0.05, 0) is 38.8 Å². The molecule has 1 aromatic heterocycles. The molecule has 0 saturated carbocycles. The lowest BCUT2D eigenvalue weighted by Gasteiger charge is -2.31. The second-order valence-corrected chi connectivity index (χ2v) is 10.1. The molecule has 0 unspecified atom stereocenters. The Morgan fingerprint density at radius 1 is 1.15 bits per heavy atom. The molecular formula is C16H21N3O5S2. The number of aromatic nitrogens is 1. The molecule has 142 valence electrons. The van der Waals surface area contributed by atoms with E-state index in [1.54, 1.807) is 37.3 Å². The Labute approximate surface area is 153 Å². The first-order chi connectivity index (χ1) is 12.2. The van der Waals surface area contributed by atoms with Crippen LogP contribution < -0.4 is 4.72 Å². The Kier molecular flexibility index (Phi) is 5.09. The standard InChI is InChI=1S/C16H21N3O5S2/c1-12-16(13(2)24-17-12)26(22,23)19-10-6-9-15(11-19)25(20,21)18-14-7-4-3-5-8-14/h3-5,7-8,15,18H,6,9-11H2,1-2H3/t15-/m1/s1. The van der Waals surface area contributed by atoms with Gasteiger partial charge in [0.1, 0.15) is 10.6 Å². The summed E-state index contributed by atoms with van der Waals surface area (Å²) in [6, 6.07) is 8.55. The van der Waals surface area contributed by atoms with Crippen LogP contribution in [0.5, 0.6) is 0 Å². The third kappa shape index (κ3) is 3.62. The van der Waals surface area contributed by atoms with Crippen molar-refractivity contribution in [2.45, 2.75) is 36.8 Å². The summed E-state index contributed by atoms with van der Waals surface area (Å²) >= 11 is 0. The minimum absolute atomic E-state index is 0.0200. The van der Waals surface area contributed by atoms with Crippen LogP contribution in [0.15, 0.2) is 39.8 Å². The van der Waals surface area contributed by atoms with Gasteiger partial charge in [-0.15, -0.1) is 0 Å². The van der Waals surface area contributed by atoms with Crippen molar-refractivity contribution >= 4 is 25.7 Å². The van der Waals surface area contributed by atoms with E-state index in [0.717, 1.165) is 0 Å². The molecule has 0 radical (unpaired) electrons. The SMILES string of the molecule is Cc1noc(C)c1S(=O)(=O)N1CCC[C@@H](S(=O)(=O)Nc2ccccc2)C1. The molecular weight excluding hydrogens is 378 g/mol. The number of piperidine rings is 1. The Morgan fingerprint density at radius 2 is 1.85 bits per heavy atom. The van der Waals surface area contributed by atoms with E-state index in [2.05, 4.69) is 9.88 Å². The van der Waals surface area contributed by atoms with E-state index < -0.39 is 25.3 Å². The Bertz CT molecular complexity index is 965. The van der Waals surface area contributed by atoms with Crippen molar-refractivity contribution < 1.29 is 21.4 Å². The average Bonchev–Trinajstić information content (AvgIpc) is 2.95. The average molecular weight is 399 g/mol. The number of hydrogen-bond acceptors (Lipinski definition) is 6. The molecule has 0 amide bonds. The van der Waals surface area contributed by atoms with Crippen molar-refractivity contribution in [2.75, 3.05) is 17.8 Å². The topological polar surface area (TPSA) is 110 Å². The van der Waals surface area contributed by atoms with Gasteiger partial charge in [-0.2, -0.15) is 4.31 Å². The van der Waals surface area contributed by atoms with Crippen molar-refractivity contribution in [2.24, 2.45) is 0 Å². The summed E-state index contributed by atoms with van der Waals surface area (Å²) in [4.78, 5) is 0.0200. The van der Waals surface area contributed by atoms with Gasteiger partial charge in [0.15, 0.2) is 5.76 Å². The van der Waals surface area contributed by atoms with Crippen LogP contribution >= 0.6 is 0 Å². The summed E-state index contributed by atoms with van der Waals surface area (Å²) in [7, 11) is -7.58. The highest BCUT2D eigenvalue weighted by Gasteiger charge is 2.38. The molecule has 1 aromatic carbocycles. The van der Waals surface area contributed by atoms with Gasteiger partial charge in [-0.3, -0.25) is 4.72 Å². The molecule has 0 bridgehead atoms. The second-order valence-electron chi connectivity index (χ2n) is 6.29. The maximum Gasteiger partial charge on any atom is 0.248 e. The van der Waals surface area contributed by atoms with Crippen LogP contribution in [0.1, 0.15) is 24.3 Å². The highest BCUT2D eigenvalue weighted by Crippen LogP contribution is 2.28. The van der Waals surface area contributed by atoms with Crippen molar-refractivity contribution in [3.8, 4) is 0 Å². The smallest absolute Gasteiger partial charge is 0.248 e. The van der Waals surface area contributed by atoms with Gasteiger partial charge in [0.25, 0.3) is 0 Å². The van der Waals surface area contributed by atoms with Crippen molar-refractivity contribution in [1.82, 2.24) is 9.46 Å². The predicted octanol–water partition coefficient (Wildman–Crippen LogP) is 1.89. The maximum absolute atomic E-state index is 12.9. The van der Waals surface area contributed by atoms with Crippen LogP contribution in [0.25, 0.3) is 0 Å². The number of anilines is 1. The van der Waals surface area contributed by atoms with Crippen LogP contribution in [-0.4, -0.2) is 44.6 Å². The molecule has 1 N–H and O–H groups in total. The van der Waals surface area contributed by atoms with E-state index in [1.807, 2.05) is 0 Å². The summed E-state index contributed by atoms with van der Waals surface area (Å²) in [6.45, 7) is 3.25. The fourth-order valence-corrected chi connectivity index (χ4v) is 6.50. The monoisotopic (exact) mass is 399 g/mol. The quantitative estimate of drug-likeness (QED) is 0.822. The van der Waals surface area contributed by atoms with Crippen LogP contribution in [0.4, 0.5) is 5.69 Å². The zero-order valence-corrected chi connectivity index (χ0v) is 16.2. The first kappa shape index (κ1) is 18.9. The summed E-state index contributed by atoms with van der Waals surface area (Å²) in [5.74, 6) is 0.204. The van der Waals surface area contributed by atoms with Crippen LogP contribution in [0.3, 0.4) is 0 Å². The lowest BCUT2D eigenvalue weighted by molar-refractivity contribution is 0.345. The molecule has 1 saturated heterocycles. The number of para-hydroxylation sites is 1. The molecule has 10 heteroatoms. The molecule has 1 aliphatic heterocycles. The third-order valence-electron chi connectivity index (χ3n) is 4.38. The first-order valence-corrected chi connectivity index (χ1v) is 11.2. The van der Waals surface area contributed by atoms with E-state index in [1.165, 1.54) is 11.2 Å². The number of nitrogens with one attached hydrogen (secondary N) is 1. The molecule has 8 nitrogen and oxygen atoms in total. The zero-order valence-electron chi connectivity index (χ0n) is 14.5. The Morgan fingerprint density at radius 3 is 2.46 bits per heavy atom. The van der Waals surface area contributed by atoms with E-state index in [-0.39, 0.29) is 29.4 Å². The fourth-order valence-electron chi connectivity index (χ4n) is 3.10. The second kappa shape index (κ2) is 7.01.